The van der Waals surface area contributed by atoms with Gasteiger partial charge in [-0.3, -0.25) is 4.79 Å². The van der Waals surface area contributed by atoms with Gasteiger partial charge in [0.05, 0.1) is 20.0 Å². The van der Waals surface area contributed by atoms with Gasteiger partial charge in [0.25, 0.3) is 0 Å². The van der Waals surface area contributed by atoms with Crippen LogP contribution in [0, 0.1) is 5.92 Å². The maximum Gasteiger partial charge on any atom is 0.229 e. The van der Waals surface area contributed by atoms with Crippen molar-refractivity contribution in [1.82, 2.24) is 24.4 Å². The zero-order valence-electron chi connectivity index (χ0n) is 21.0. The number of amides is 1. The lowest BCUT2D eigenvalue weighted by molar-refractivity contribution is -0.132. The average molecular weight is 498 g/mol. The summed E-state index contributed by atoms with van der Waals surface area (Å²) in [5.74, 6) is 2.72. The number of hydrogen-bond donors (Lipinski definition) is 1. The largest absolute Gasteiger partial charge is 0.496 e. The lowest BCUT2D eigenvalue weighted by Crippen LogP contribution is -2.49. The van der Waals surface area contributed by atoms with Gasteiger partial charge in [0.1, 0.15) is 5.75 Å². The Morgan fingerprint density at radius 3 is 2.51 bits per heavy atom. The van der Waals surface area contributed by atoms with Crippen LogP contribution in [0.3, 0.4) is 0 Å². The molecule has 37 heavy (non-hydrogen) atoms. The number of benzene rings is 2. The highest BCUT2D eigenvalue weighted by atomic mass is 16.5. The zero-order valence-corrected chi connectivity index (χ0v) is 21.0. The number of carbonyl (C=O) groups is 1. The molecule has 0 atom stereocenters. The molecule has 4 aromatic rings. The molecule has 1 aliphatic heterocycles. The maximum atomic E-state index is 12.5. The van der Waals surface area contributed by atoms with Crippen LogP contribution in [0.1, 0.15) is 24.0 Å². The highest BCUT2D eigenvalue weighted by molar-refractivity contribution is 5.85. The predicted molar refractivity (Wildman–Crippen MR) is 143 cm³/mol. The van der Waals surface area contributed by atoms with E-state index in [0.717, 1.165) is 35.3 Å². The molecule has 9 heteroatoms. The molecule has 3 heterocycles. The Balaban J connectivity index is 1.30. The minimum absolute atomic E-state index is 0.247. The zero-order chi connectivity index (χ0) is 25.2. The summed E-state index contributed by atoms with van der Waals surface area (Å²) in [6.07, 6.45) is 3.90. The summed E-state index contributed by atoms with van der Waals surface area (Å²) in [7, 11) is 1.68. The number of nitrogens with zero attached hydrogens (tertiary/aromatic N) is 6. The molecule has 6 rings (SSSR count). The summed E-state index contributed by atoms with van der Waals surface area (Å²) in [5.41, 5.74) is 3.73. The summed E-state index contributed by atoms with van der Waals surface area (Å²) in [4.78, 5) is 31.3. The second kappa shape index (κ2) is 10.1. The van der Waals surface area contributed by atoms with Crippen molar-refractivity contribution in [1.29, 1.82) is 0 Å². The minimum atomic E-state index is 0.247. The molecule has 1 aliphatic carbocycles. The van der Waals surface area contributed by atoms with E-state index in [0.29, 0.717) is 56.9 Å². The van der Waals surface area contributed by atoms with Gasteiger partial charge >= 0.3 is 0 Å². The van der Waals surface area contributed by atoms with Crippen molar-refractivity contribution in [3.8, 4) is 5.75 Å². The van der Waals surface area contributed by atoms with Crippen molar-refractivity contribution in [2.45, 2.75) is 25.9 Å². The molecule has 0 spiro atoms. The third-order valence-corrected chi connectivity index (χ3v) is 7.09. The molecular formula is C28H31N7O2. The lowest BCUT2D eigenvalue weighted by atomic mass is 10.2. The van der Waals surface area contributed by atoms with Crippen molar-refractivity contribution in [3.63, 3.8) is 0 Å². The number of anilines is 2. The molecule has 2 aliphatic rings. The quantitative estimate of drug-likeness (QED) is 0.398. The average Bonchev–Trinajstić information content (AvgIpc) is 3.73. The van der Waals surface area contributed by atoms with Crippen molar-refractivity contribution in [2.24, 2.45) is 5.92 Å². The number of hydrogen-bond acceptors (Lipinski definition) is 7. The van der Waals surface area contributed by atoms with E-state index in [4.69, 9.17) is 19.7 Å². The first-order chi connectivity index (χ1) is 18.2. The first kappa shape index (κ1) is 23.3. The number of fused-ring (bicyclic) bond motifs is 1. The van der Waals surface area contributed by atoms with Gasteiger partial charge in [-0.2, -0.15) is 9.97 Å². The summed E-state index contributed by atoms with van der Waals surface area (Å²) in [6.45, 7) is 4.04. The van der Waals surface area contributed by atoms with E-state index in [9.17, 15) is 4.79 Å². The number of rotatable bonds is 8. The fraction of sp³-hybridized carbons (Fsp3) is 0.357. The third kappa shape index (κ3) is 4.94. The van der Waals surface area contributed by atoms with Crippen LogP contribution in [0.15, 0.2) is 60.9 Å². The van der Waals surface area contributed by atoms with E-state index in [-0.39, 0.29) is 5.92 Å². The number of nitrogens with one attached hydrogen (secondary N) is 1. The van der Waals surface area contributed by atoms with Crippen molar-refractivity contribution in [2.75, 3.05) is 43.5 Å². The molecule has 9 nitrogen and oxygen atoms in total. The van der Waals surface area contributed by atoms with Crippen LogP contribution < -0.4 is 15.0 Å². The van der Waals surface area contributed by atoms with Crippen LogP contribution >= 0.6 is 0 Å². The number of para-hydroxylation sites is 1. The summed E-state index contributed by atoms with van der Waals surface area (Å²) < 4.78 is 7.59. The number of carbonyl (C=O) groups excluding carboxylic acids is 1. The molecule has 2 fully saturated rings. The molecule has 1 saturated carbocycles. The number of aromatic nitrogens is 4. The summed E-state index contributed by atoms with van der Waals surface area (Å²) in [5, 5.41) is 3.49. The molecule has 0 radical (unpaired) electrons. The lowest BCUT2D eigenvalue weighted by Gasteiger charge is -2.35. The Morgan fingerprint density at radius 1 is 1.00 bits per heavy atom. The van der Waals surface area contributed by atoms with Gasteiger partial charge in [0.2, 0.25) is 11.9 Å². The van der Waals surface area contributed by atoms with E-state index in [1.807, 2.05) is 53.7 Å². The molecule has 1 N–H and O–H groups in total. The standard InChI is InChI=1S/C28H31N7O2/c1-37-23-10-6-5-9-22(23)17-29-25-24-26(35(19-30-24)18-20-7-3-2-4-8-20)32-28(31-25)34-15-13-33(14-16-34)27(36)21-11-12-21/h2-10,19,21H,11-18H2,1H3,(H,29,31,32). The Kier molecular flexibility index (Phi) is 6.34. The Bertz CT molecular complexity index is 1390. The van der Waals surface area contributed by atoms with Crippen LogP contribution in [0.25, 0.3) is 11.2 Å². The Labute approximate surface area is 216 Å². The van der Waals surface area contributed by atoms with Crippen molar-refractivity contribution >= 4 is 28.8 Å². The van der Waals surface area contributed by atoms with Gasteiger partial charge in [-0.1, -0.05) is 48.5 Å². The SMILES string of the molecule is COc1ccccc1CNc1nc(N2CCN(C(=O)C3CC3)CC2)nc2c1ncn2Cc1ccccc1. The third-order valence-electron chi connectivity index (χ3n) is 7.09. The maximum absolute atomic E-state index is 12.5. The monoisotopic (exact) mass is 497 g/mol. The van der Waals surface area contributed by atoms with E-state index >= 15 is 0 Å². The van der Waals surface area contributed by atoms with Crippen LogP contribution in [-0.4, -0.2) is 63.6 Å². The highest BCUT2D eigenvalue weighted by Gasteiger charge is 2.35. The number of ether oxygens (including phenoxy) is 1. The number of imidazole rings is 1. The molecule has 0 bridgehead atoms. The second-order valence-electron chi connectivity index (χ2n) is 9.65. The van der Waals surface area contributed by atoms with Crippen LogP contribution in [-0.2, 0) is 17.9 Å². The first-order valence-corrected chi connectivity index (χ1v) is 12.9. The Hall–Kier alpha value is -4.14. The molecule has 1 saturated heterocycles. The van der Waals surface area contributed by atoms with Crippen LogP contribution in [0.5, 0.6) is 5.75 Å². The normalized spacial score (nSPS) is 15.7. The topological polar surface area (TPSA) is 88.4 Å². The molecular weight excluding hydrogens is 466 g/mol. The van der Waals surface area contributed by atoms with E-state index in [1.54, 1.807) is 7.11 Å². The second-order valence-corrected chi connectivity index (χ2v) is 9.65. The molecule has 1 amide bonds. The molecule has 2 aromatic heterocycles. The fourth-order valence-electron chi connectivity index (χ4n) is 4.84. The van der Waals surface area contributed by atoms with Gasteiger partial charge in [-0.15, -0.1) is 0 Å². The van der Waals surface area contributed by atoms with Gasteiger partial charge in [-0.05, 0) is 24.5 Å². The van der Waals surface area contributed by atoms with Crippen molar-refractivity contribution in [3.05, 3.63) is 72.1 Å². The molecule has 0 unspecified atom stereocenters. The van der Waals surface area contributed by atoms with Gasteiger partial charge < -0.3 is 24.4 Å². The van der Waals surface area contributed by atoms with Crippen molar-refractivity contribution < 1.29 is 9.53 Å². The summed E-state index contributed by atoms with van der Waals surface area (Å²) >= 11 is 0. The van der Waals surface area contributed by atoms with E-state index < -0.39 is 0 Å². The summed E-state index contributed by atoms with van der Waals surface area (Å²) in [6, 6.07) is 18.2. The molecule has 190 valence electrons. The molecule has 2 aromatic carbocycles. The number of methoxy groups -OCH3 is 1. The van der Waals surface area contributed by atoms with E-state index in [1.165, 1.54) is 5.56 Å². The minimum Gasteiger partial charge on any atom is -0.496 e. The van der Waals surface area contributed by atoms with Gasteiger partial charge in [0, 0.05) is 44.2 Å². The Morgan fingerprint density at radius 2 is 1.76 bits per heavy atom. The number of piperazine rings is 1. The van der Waals surface area contributed by atoms with Crippen LogP contribution in [0.2, 0.25) is 0 Å². The smallest absolute Gasteiger partial charge is 0.229 e. The van der Waals surface area contributed by atoms with Gasteiger partial charge in [-0.25, -0.2) is 4.98 Å². The first-order valence-electron chi connectivity index (χ1n) is 12.9. The van der Waals surface area contributed by atoms with E-state index in [2.05, 4.69) is 26.9 Å². The van der Waals surface area contributed by atoms with Crippen LogP contribution in [0.4, 0.5) is 11.8 Å². The fourth-order valence-corrected chi connectivity index (χ4v) is 4.84. The van der Waals surface area contributed by atoms with Gasteiger partial charge in [0.15, 0.2) is 17.0 Å². The predicted octanol–water partition coefficient (Wildman–Crippen LogP) is 3.55. The highest BCUT2D eigenvalue weighted by Crippen LogP contribution is 2.32.